The van der Waals surface area contributed by atoms with E-state index in [1.807, 2.05) is 0 Å². The van der Waals surface area contributed by atoms with Crippen molar-refractivity contribution in [2.75, 3.05) is 0 Å². The van der Waals surface area contributed by atoms with Crippen molar-refractivity contribution in [1.29, 1.82) is 0 Å². The third kappa shape index (κ3) is 3.38. The number of ether oxygens (including phenoxy) is 1. The van der Waals surface area contributed by atoms with Gasteiger partial charge in [0.25, 0.3) is 5.82 Å². The maximum atomic E-state index is 12.2. The Labute approximate surface area is 152 Å². The first-order chi connectivity index (χ1) is 11.5. The fraction of sp³-hybridized carbons (Fsp3) is 0.0625. The molecule has 0 unspecified atom stereocenters. The van der Waals surface area contributed by atoms with Crippen molar-refractivity contribution in [1.82, 2.24) is 14.8 Å². The summed E-state index contributed by atoms with van der Waals surface area (Å²) < 4.78 is 6.74. The molecule has 0 amide bonds. The Bertz CT molecular complexity index is 907. The molecule has 0 spiro atoms. The molecule has 1 heterocycles. The summed E-state index contributed by atoms with van der Waals surface area (Å²) in [5.74, 6) is -0.135. The predicted octanol–water partition coefficient (Wildman–Crippen LogP) is 4.76. The highest BCUT2D eigenvalue weighted by Crippen LogP contribution is 2.31. The van der Waals surface area contributed by atoms with Crippen molar-refractivity contribution in [2.24, 2.45) is 0 Å². The molecule has 0 aliphatic heterocycles. The maximum Gasteiger partial charge on any atom is 0.383 e. The first-order valence-corrected chi connectivity index (χ1v) is 7.95. The van der Waals surface area contributed by atoms with Crippen LogP contribution in [0, 0.1) is 6.92 Å². The SMILES string of the molecule is Cc1nc(C(=O)Oc2cccc(Cl)c2Cl)nn1-c1ccc(Cl)cc1. The van der Waals surface area contributed by atoms with E-state index in [0.717, 1.165) is 5.69 Å². The van der Waals surface area contributed by atoms with Gasteiger partial charge in [-0.2, -0.15) is 0 Å². The molecule has 0 aliphatic rings. The van der Waals surface area contributed by atoms with Crippen molar-refractivity contribution in [2.45, 2.75) is 6.92 Å². The first-order valence-electron chi connectivity index (χ1n) is 6.81. The normalized spacial score (nSPS) is 10.7. The quantitative estimate of drug-likeness (QED) is 0.484. The molecule has 24 heavy (non-hydrogen) atoms. The van der Waals surface area contributed by atoms with Crippen LogP contribution in [0.25, 0.3) is 5.69 Å². The topological polar surface area (TPSA) is 57.0 Å². The summed E-state index contributed by atoms with van der Waals surface area (Å²) in [4.78, 5) is 16.4. The Morgan fingerprint density at radius 2 is 1.79 bits per heavy atom. The van der Waals surface area contributed by atoms with E-state index in [0.29, 0.717) is 10.8 Å². The molecule has 0 radical (unpaired) electrons. The zero-order chi connectivity index (χ0) is 17.3. The highest BCUT2D eigenvalue weighted by Gasteiger charge is 2.19. The fourth-order valence-corrected chi connectivity index (χ4v) is 2.47. The zero-order valence-corrected chi connectivity index (χ0v) is 14.6. The summed E-state index contributed by atoms with van der Waals surface area (Å²) in [7, 11) is 0. The van der Waals surface area contributed by atoms with Gasteiger partial charge < -0.3 is 4.74 Å². The number of halogens is 3. The van der Waals surface area contributed by atoms with Crippen molar-refractivity contribution in [3.05, 3.63) is 69.2 Å². The molecule has 8 heteroatoms. The summed E-state index contributed by atoms with van der Waals surface area (Å²) in [5, 5.41) is 5.22. The van der Waals surface area contributed by atoms with E-state index in [2.05, 4.69) is 10.1 Å². The van der Waals surface area contributed by atoms with Crippen LogP contribution < -0.4 is 4.74 Å². The smallest absolute Gasteiger partial charge is 0.383 e. The third-order valence-electron chi connectivity index (χ3n) is 3.14. The number of hydrogen-bond donors (Lipinski definition) is 0. The minimum absolute atomic E-state index is 0.0847. The number of aryl methyl sites for hydroxylation is 1. The predicted molar refractivity (Wildman–Crippen MR) is 92.5 cm³/mol. The average Bonchev–Trinajstić information content (AvgIpc) is 2.94. The van der Waals surface area contributed by atoms with Crippen molar-refractivity contribution >= 4 is 40.8 Å². The molecule has 0 bridgehead atoms. The molecule has 5 nitrogen and oxygen atoms in total. The van der Waals surface area contributed by atoms with Gasteiger partial charge in [0.05, 0.1) is 10.7 Å². The van der Waals surface area contributed by atoms with E-state index >= 15 is 0 Å². The second-order valence-electron chi connectivity index (χ2n) is 4.81. The number of carbonyl (C=O) groups excluding carboxylic acids is 1. The lowest BCUT2D eigenvalue weighted by Gasteiger charge is -2.05. The molecule has 0 saturated carbocycles. The second-order valence-corrected chi connectivity index (χ2v) is 6.03. The summed E-state index contributed by atoms with van der Waals surface area (Å²) in [6.45, 7) is 1.73. The third-order valence-corrected chi connectivity index (χ3v) is 4.20. The van der Waals surface area contributed by atoms with Gasteiger partial charge in [-0.05, 0) is 43.3 Å². The average molecular weight is 383 g/mol. The number of aromatic nitrogens is 3. The van der Waals surface area contributed by atoms with E-state index in [1.54, 1.807) is 43.3 Å². The Morgan fingerprint density at radius 3 is 2.50 bits per heavy atom. The van der Waals surface area contributed by atoms with Crippen LogP contribution in [-0.4, -0.2) is 20.7 Å². The van der Waals surface area contributed by atoms with Gasteiger partial charge in [0.1, 0.15) is 10.8 Å². The van der Waals surface area contributed by atoms with Crippen molar-refractivity contribution in [3.63, 3.8) is 0 Å². The molecule has 0 saturated heterocycles. The van der Waals surface area contributed by atoms with Crippen LogP contribution >= 0.6 is 34.8 Å². The van der Waals surface area contributed by atoms with Crippen LogP contribution in [0.3, 0.4) is 0 Å². The van der Waals surface area contributed by atoms with Gasteiger partial charge in [0, 0.05) is 5.02 Å². The van der Waals surface area contributed by atoms with Gasteiger partial charge in [-0.25, -0.2) is 14.5 Å². The number of nitrogens with zero attached hydrogens (tertiary/aromatic N) is 3. The molecule has 3 aromatic rings. The van der Waals surface area contributed by atoms with E-state index < -0.39 is 5.97 Å². The fourth-order valence-electron chi connectivity index (χ4n) is 2.01. The number of esters is 1. The number of benzene rings is 2. The van der Waals surface area contributed by atoms with E-state index in [1.165, 1.54) is 10.7 Å². The van der Waals surface area contributed by atoms with Gasteiger partial charge in [0.15, 0.2) is 5.75 Å². The van der Waals surface area contributed by atoms with Crippen LogP contribution in [0.1, 0.15) is 16.4 Å². The lowest BCUT2D eigenvalue weighted by atomic mass is 10.3. The Balaban J connectivity index is 1.87. The molecule has 3 rings (SSSR count). The standard InChI is InChI=1S/C16H10Cl3N3O2/c1-9-20-15(21-22(9)11-7-5-10(17)6-8-11)16(23)24-13-4-2-3-12(18)14(13)19/h2-8H,1H3. The first kappa shape index (κ1) is 16.8. The molecule has 0 aliphatic carbocycles. The monoisotopic (exact) mass is 381 g/mol. The minimum Gasteiger partial charge on any atom is -0.419 e. The molecule has 0 atom stereocenters. The number of carbonyl (C=O) groups is 1. The van der Waals surface area contributed by atoms with E-state index in [-0.39, 0.29) is 21.6 Å². The Hall–Kier alpha value is -2.08. The van der Waals surface area contributed by atoms with Crippen LogP contribution in [0.15, 0.2) is 42.5 Å². The molecule has 0 fully saturated rings. The molecule has 122 valence electrons. The molecule has 2 aromatic carbocycles. The van der Waals surface area contributed by atoms with Crippen molar-refractivity contribution < 1.29 is 9.53 Å². The van der Waals surface area contributed by atoms with Gasteiger partial charge in [-0.15, -0.1) is 5.10 Å². The lowest BCUT2D eigenvalue weighted by Crippen LogP contribution is -2.11. The number of rotatable bonds is 3. The van der Waals surface area contributed by atoms with Crippen LogP contribution in [0.2, 0.25) is 15.1 Å². The zero-order valence-electron chi connectivity index (χ0n) is 12.3. The maximum absolute atomic E-state index is 12.2. The minimum atomic E-state index is -0.727. The molecule has 1 aromatic heterocycles. The van der Waals surface area contributed by atoms with E-state index in [9.17, 15) is 4.79 Å². The lowest BCUT2D eigenvalue weighted by molar-refractivity contribution is 0.0722. The van der Waals surface area contributed by atoms with Crippen molar-refractivity contribution in [3.8, 4) is 11.4 Å². The van der Waals surface area contributed by atoms with Crippen LogP contribution in [-0.2, 0) is 0 Å². The van der Waals surface area contributed by atoms with E-state index in [4.69, 9.17) is 39.5 Å². The number of hydrogen-bond acceptors (Lipinski definition) is 4. The summed E-state index contributed by atoms with van der Waals surface area (Å²) in [5.41, 5.74) is 0.726. The summed E-state index contributed by atoms with van der Waals surface area (Å²) in [6.07, 6.45) is 0. The summed E-state index contributed by atoms with van der Waals surface area (Å²) >= 11 is 17.8. The molecule has 0 N–H and O–H groups in total. The Morgan fingerprint density at radius 1 is 1.08 bits per heavy atom. The van der Waals surface area contributed by atoms with Gasteiger partial charge in [-0.1, -0.05) is 40.9 Å². The van der Waals surface area contributed by atoms with Crippen LogP contribution in [0.4, 0.5) is 0 Å². The largest absolute Gasteiger partial charge is 0.419 e. The van der Waals surface area contributed by atoms with Gasteiger partial charge in [0.2, 0.25) is 0 Å². The highest BCUT2D eigenvalue weighted by atomic mass is 35.5. The van der Waals surface area contributed by atoms with Gasteiger partial charge >= 0.3 is 5.97 Å². The van der Waals surface area contributed by atoms with Crippen LogP contribution in [0.5, 0.6) is 5.75 Å². The Kier molecular flexibility index (Phi) is 4.76. The van der Waals surface area contributed by atoms with Gasteiger partial charge in [-0.3, -0.25) is 0 Å². The highest BCUT2D eigenvalue weighted by molar-refractivity contribution is 6.43. The second kappa shape index (κ2) is 6.81. The molecular weight excluding hydrogens is 373 g/mol. The summed E-state index contributed by atoms with van der Waals surface area (Å²) in [6, 6.07) is 11.7. The molecular formula is C16H10Cl3N3O2.